The summed E-state index contributed by atoms with van der Waals surface area (Å²) in [6.07, 6.45) is 4.02. The summed E-state index contributed by atoms with van der Waals surface area (Å²) < 4.78 is 5.82. The molecule has 0 bridgehead atoms. The molecular formula is C11H21NO2. The highest BCUT2D eigenvalue weighted by Crippen LogP contribution is 2.39. The van der Waals surface area contributed by atoms with Crippen molar-refractivity contribution in [3.63, 3.8) is 0 Å². The van der Waals surface area contributed by atoms with Crippen molar-refractivity contribution in [1.82, 2.24) is 4.90 Å². The maximum absolute atomic E-state index is 9.48. The van der Waals surface area contributed by atoms with Crippen LogP contribution in [0.1, 0.15) is 33.1 Å². The van der Waals surface area contributed by atoms with Crippen LogP contribution < -0.4 is 0 Å². The van der Waals surface area contributed by atoms with Gasteiger partial charge in [-0.25, -0.2) is 0 Å². The van der Waals surface area contributed by atoms with E-state index in [-0.39, 0.29) is 5.54 Å². The van der Waals surface area contributed by atoms with E-state index in [9.17, 15) is 5.11 Å². The highest BCUT2D eigenvalue weighted by Gasteiger charge is 2.48. The largest absolute Gasteiger partial charge is 0.394 e. The van der Waals surface area contributed by atoms with Crippen LogP contribution in [0.15, 0.2) is 0 Å². The third-order valence-corrected chi connectivity index (χ3v) is 3.53. The molecule has 0 radical (unpaired) electrons. The zero-order chi connectivity index (χ0) is 10.2. The van der Waals surface area contributed by atoms with Gasteiger partial charge in [0, 0.05) is 12.1 Å². The Morgan fingerprint density at radius 1 is 1.57 bits per heavy atom. The van der Waals surface area contributed by atoms with Crippen LogP contribution in [0.3, 0.4) is 0 Å². The lowest BCUT2D eigenvalue weighted by molar-refractivity contribution is 0.0116. The maximum Gasteiger partial charge on any atom is 0.0724 e. The zero-order valence-electron chi connectivity index (χ0n) is 9.20. The SMILES string of the molecule is CC(C)OC1CN2CCCC2(CO)C1. The van der Waals surface area contributed by atoms with Gasteiger partial charge >= 0.3 is 0 Å². The molecule has 2 rings (SSSR count). The average Bonchev–Trinajstić information content (AvgIpc) is 2.59. The molecule has 0 amide bonds. The monoisotopic (exact) mass is 199 g/mol. The zero-order valence-corrected chi connectivity index (χ0v) is 9.20. The summed E-state index contributed by atoms with van der Waals surface area (Å²) in [7, 11) is 0. The van der Waals surface area contributed by atoms with E-state index in [1.54, 1.807) is 0 Å². The van der Waals surface area contributed by atoms with Crippen LogP contribution in [0.5, 0.6) is 0 Å². The van der Waals surface area contributed by atoms with Crippen LogP contribution in [-0.2, 0) is 4.74 Å². The molecule has 2 aliphatic rings. The standard InChI is InChI=1S/C11H21NO2/c1-9(2)14-10-6-11(8-13)4-3-5-12(11)7-10/h9-10,13H,3-8H2,1-2H3. The second kappa shape index (κ2) is 3.80. The van der Waals surface area contributed by atoms with Gasteiger partial charge in [0.15, 0.2) is 0 Å². The van der Waals surface area contributed by atoms with Gasteiger partial charge in [-0.3, -0.25) is 4.90 Å². The van der Waals surface area contributed by atoms with Crippen molar-refractivity contribution in [2.75, 3.05) is 19.7 Å². The first-order valence-electron chi connectivity index (χ1n) is 5.68. The molecular weight excluding hydrogens is 178 g/mol. The summed E-state index contributed by atoms with van der Waals surface area (Å²) in [6.45, 7) is 6.60. The number of fused-ring (bicyclic) bond motifs is 1. The van der Waals surface area contributed by atoms with Crippen molar-refractivity contribution in [2.45, 2.75) is 50.9 Å². The average molecular weight is 199 g/mol. The number of aliphatic hydroxyl groups is 1. The Kier molecular flexibility index (Phi) is 2.82. The van der Waals surface area contributed by atoms with Gasteiger partial charge in [-0.2, -0.15) is 0 Å². The highest BCUT2D eigenvalue weighted by atomic mass is 16.5. The Morgan fingerprint density at radius 3 is 2.93 bits per heavy atom. The minimum absolute atomic E-state index is 0.0690. The Balaban J connectivity index is 1.98. The molecule has 0 spiro atoms. The molecule has 0 aromatic heterocycles. The smallest absolute Gasteiger partial charge is 0.0724 e. The van der Waals surface area contributed by atoms with Gasteiger partial charge in [-0.05, 0) is 39.7 Å². The van der Waals surface area contributed by atoms with Crippen molar-refractivity contribution >= 4 is 0 Å². The minimum atomic E-state index is 0.0690. The van der Waals surface area contributed by atoms with E-state index in [0.29, 0.717) is 18.8 Å². The molecule has 14 heavy (non-hydrogen) atoms. The molecule has 82 valence electrons. The molecule has 0 aliphatic carbocycles. The predicted octanol–water partition coefficient (Wildman–Crippen LogP) is 1.01. The summed E-state index contributed by atoms with van der Waals surface area (Å²) in [6, 6.07) is 0. The van der Waals surface area contributed by atoms with E-state index < -0.39 is 0 Å². The number of hydrogen-bond donors (Lipinski definition) is 1. The molecule has 2 heterocycles. The number of hydrogen-bond acceptors (Lipinski definition) is 3. The van der Waals surface area contributed by atoms with E-state index in [2.05, 4.69) is 18.7 Å². The van der Waals surface area contributed by atoms with Gasteiger partial charge in [0.1, 0.15) is 0 Å². The molecule has 0 aromatic rings. The molecule has 0 aromatic carbocycles. The third-order valence-electron chi connectivity index (χ3n) is 3.53. The first-order chi connectivity index (χ1) is 6.66. The van der Waals surface area contributed by atoms with Gasteiger partial charge in [-0.15, -0.1) is 0 Å². The minimum Gasteiger partial charge on any atom is -0.394 e. The second-order valence-corrected chi connectivity index (χ2v) is 4.94. The summed E-state index contributed by atoms with van der Waals surface area (Å²) >= 11 is 0. The Morgan fingerprint density at radius 2 is 2.36 bits per heavy atom. The lowest BCUT2D eigenvalue weighted by atomic mass is 9.94. The third kappa shape index (κ3) is 1.69. The number of rotatable bonds is 3. The van der Waals surface area contributed by atoms with E-state index >= 15 is 0 Å². The first-order valence-corrected chi connectivity index (χ1v) is 5.68. The second-order valence-electron chi connectivity index (χ2n) is 4.94. The number of ether oxygens (including phenoxy) is 1. The fourth-order valence-electron chi connectivity index (χ4n) is 2.96. The van der Waals surface area contributed by atoms with Crippen molar-refractivity contribution < 1.29 is 9.84 Å². The van der Waals surface area contributed by atoms with Gasteiger partial charge < -0.3 is 9.84 Å². The summed E-state index contributed by atoms with van der Waals surface area (Å²) in [5, 5.41) is 9.48. The van der Waals surface area contributed by atoms with E-state index in [1.807, 2.05) is 0 Å². The molecule has 2 unspecified atom stereocenters. The summed E-state index contributed by atoms with van der Waals surface area (Å²) in [4.78, 5) is 2.42. The van der Waals surface area contributed by atoms with E-state index in [1.165, 1.54) is 6.42 Å². The van der Waals surface area contributed by atoms with Gasteiger partial charge in [0.05, 0.1) is 18.8 Å². The molecule has 3 nitrogen and oxygen atoms in total. The van der Waals surface area contributed by atoms with Crippen LogP contribution >= 0.6 is 0 Å². The van der Waals surface area contributed by atoms with Gasteiger partial charge in [0.2, 0.25) is 0 Å². The van der Waals surface area contributed by atoms with Crippen molar-refractivity contribution in [3.8, 4) is 0 Å². The van der Waals surface area contributed by atoms with E-state index in [0.717, 1.165) is 25.9 Å². The molecule has 2 saturated heterocycles. The maximum atomic E-state index is 9.48. The summed E-state index contributed by atoms with van der Waals surface area (Å²) in [5.74, 6) is 0. The van der Waals surface area contributed by atoms with Crippen molar-refractivity contribution in [2.24, 2.45) is 0 Å². The van der Waals surface area contributed by atoms with Crippen LogP contribution in [0, 0.1) is 0 Å². The van der Waals surface area contributed by atoms with Gasteiger partial charge in [-0.1, -0.05) is 0 Å². The Bertz CT molecular complexity index is 207. The fourth-order valence-corrected chi connectivity index (χ4v) is 2.96. The van der Waals surface area contributed by atoms with Crippen LogP contribution in [0.2, 0.25) is 0 Å². The molecule has 0 saturated carbocycles. The number of nitrogens with zero attached hydrogens (tertiary/aromatic N) is 1. The van der Waals surface area contributed by atoms with E-state index in [4.69, 9.17) is 4.74 Å². The van der Waals surface area contributed by atoms with Crippen molar-refractivity contribution in [1.29, 1.82) is 0 Å². The van der Waals surface area contributed by atoms with Crippen molar-refractivity contribution in [3.05, 3.63) is 0 Å². The lowest BCUT2D eigenvalue weighted by Gasteiger charge is -2.28. The molecule has 3 heteroatoms. The Hall–Kier alpha value is -0.120. The Labute approximate surface area is 86.0 Å². The van der Waals surface area contributed by atoms with Crippen LogP contribution in [0.25, 0.3) is 0 Å². The lowest BCUT2D eigenvalue weighted by Crippen LogP contribution is -2.41. The van der Waals surface area contributed by atoms with Crippen LogP contribution in [-0.4, -0.2) is 47.4 Å². The number of aliphatic hydroxyl groups excluding tert-OH is 1. The fraction of sp³-hybridized carbons (Fsp3) is 1.00. The summed E-state index contributed by atoms with van der Waals surface area (Å²) in [5.41, 5.74) is 0.0690. The molecule has 2 fully saturated rings. The molecule has 2 aliphatic heterocycles. The quantitative estimate of drug-likeness (QED) is 0.736. The normalized spacial score (nSPS) is 38.1. The highest BCUT2D eigenvalue weighted by molar-refractivity contribution is 5.03. The predicted molar refractivity (Wildman–Crippen MR) is 55.2 cm³/mol. The topological polar surface area (TPSA) is 32.7 Å². The van der Waals surface area contributed by atoms with Gasteiger partial charge in [0.25, 0.3) is 0 Å². The molecule has 2 atom stereocenters. The molecule has 1 N–H and O–H groups in total. The van der Waals surface area contributed by atoms with Crippen LogP contribution in [0.4, 0.5) is 0 Å². The first kappa shape index (κ1) is 10.4.